The predicted molar refractivity (Wildman–Crippen MR) is 60.4 cm³/mol. The molecule has 0 saturated carbocycles. The molecule has 0 aromatic carbocycles. The number of hydrogen-bond acceptors (Lipinski definition) is 3. The van der Waals surface area contributed by atoms with Crippen LogP contribution in [-0.4, -0.2) is 47.6 Å². The number of nitrogens with zero attached hydrogens (tertiary/aromatic N) is 1. The van der Waals surface area contributed by atoms with Crippen molar-refractivity contribution < 1.29 is 14.7 Å². The van der Waals surface area contributed by atoms with E-state index in [4.69, 9.17) is 28.3 Å². The molecule has 2 N–H and O–H groups in total. The lowest BCUT2D eigenvalue weighted by Gasteiger charge is -2.33. The summed E-state index contributed by atoms with van der Waals surface area (Å²) < 4.78 is 0. The van der Waals surface area contributed by atoms with Gasteiger partial charge in [-0.3, -0.25) is 14.5 Å². The van der Waals surface area contributed by atoms with Crippen LogP contribution in [0.25, 0.3) is 0 Å². The van der Waals surface area contributed by atoms with Crippen LogP contribution in [0.2, 0.25) is 0 Å². The van der Waals surface area contributed by atoms with Crippen LogP contribution in [0.1, 0.15) is 6.42 Å². The molecule has 1 fully saturated rings. The Kier molecular flexibility index (Phi) is 5.05. The van der Waals surface area contributed by atoms with Gasteiger partial charge in [-0.15, -0.1) is 0 Å². The highest BCUT2D eigenvalue weighted by Crippen LogP contribution is 2.14. The van der Waals surface area contributed by atoms with Gasteiger partial charge in [-0.25, -0.2) is 0 Å². The maximum absolute atomic E-state index is 11.5. The summed E-state index contributed by atoms with van der Waals surface area (Å²) in [6.45, 7) is 1.34. The smallest absolute Gasteiger partial charge is 0.305 e. The molecule has 16 heavy (non-hydrogen) atoms. The zero-order chi connectivity index (χ0) is 12.1. The first-order valence-corrected chi connectivity index (χ1v) is 5.54. The number of carbonyl (C=O) groups is 2. The minimum absolute atomic E-state index is 0.238. The van der Waals surface area contributed by atoms with Crippen molar-refractivity contribution in [3.05, 3.63) is 10.6 Å². The molecular formula is C9H12Cl2N2O3. The molecule has 0 aromatic heterocycles. The zero-order valence-corrected chi connectivity index (χ0v) is 9.96. The summed E-state index contributed by atoms with van der Waals surface area (Å²) in [5.41, 5.74) is 1.21. The molecule has 1 amide bonds. The average Bonchev–Trinajstić information content (AvgIpc) is 2.22. The Morgan fingerprint density at radius 2 is 2.38 bits per heavy atom. The fourth-order valence-corrected chi connectivity index (χ4v) is 1.79. The highest BCUT2D eigenvalue weighted by atomic mass is 35.5. The molecule has 1 aliphatic rings. The molecule has 0 radical (unpaired) electrons. The summed E-state index contributed by atoms with van der Waals surface area (Å²) in [7, 11) is 0. The third-order valence-electron chi connectivity index (χ3n) is 2.28. The Hall–Kier alpha value is -0.780. The lowest BCUT2D eigenvalue weighted by molar-refractivity contribution is -0.142. The molecule has 1 saturated heterocycles. The topological polar surface area (TPSA) is 69.6 Å². The Bertz CT molecular complexity index is 320. The van der Waals surface area contributed by atoms with E-state index in [1.54, 1.807) is 4.90 Å². The molecule has 90 valence electrons. The van der Waals surface area contributed by atoms with Crippen LogP contribution >= 0.6 is 23.2 Å². The van der Waals surface area contributed by atoms with Gasteiger partial charge in [-0.1, -0.05) is 23.2 Å². The molecule has 1 heterocycles. The lowest BCUT2D eigenvalue weighted by atomic mass is 10.1. The van der Waals surface area contributed by atoms with Crippen LogP contribution in [0.4, 0.5) is 0 Å². The molecule has 7 heteroatoms. The molecule has 1 atom stereocenters. The van der Waals surface area contributed by atoms with E-state index in [1.165, 1.54) is 5.54 Å². The van der Waals surface area contributed by atoms with E-state index in [-0.39, 0.29) is 18.9 Å². The van der Waals surface area contributed by atoms with E-state index in [1.807, 2.05) is 0 Å². The van der Waals surface area contributed by atoms with E-state index in [0.29, 0.717) is 18.1 Å². The number of carbonyl (C=O) groups excluding carboxylic acids is 1. The Morgan fingerprint density at radius 1 is 1.69 bits per heavy atom. The van der Waals surface area contributed by atoms with Crippen LogP contribution in [0.5, 0.6) is 0 Å². The lowest BCUT2D eigenvalue weighted by Crippen LogP contribution is -2.56. The Morgan fingerprint density at radius 3 is 2.94 bits per heavy atom. The minimum Gasteiger partial charge on any atom is -0.481 e. The third-order valence-corrected chi connectivity index (χ3v) is 2.89. The number of hydrogen-bond donors (Lipinski definition) is 2. The molecule has 1 aliphatic heterocycles. The molecule has 0 bridgehead atoms. The fraction of sp³-hybridized carbons (Fsp3) is 0.556. The quantitative estimate of drug-likeness (QED) is 0.781. The van der Waals surface area contributed by atoms with Crippen molar-refractivity contribution in [3.63, 3.8) is 0 Å². The first-order chi connectivity index (χ1) is 7.54. The summed E-state index contributed by atoms with van der Waals surface area (Å²) >= 11 is 11.2. The van der Waals surface area contributed by atoms with Crippen molar-refractivity contribution in [2.24, 2.45) is 0 Å². The van der Waals surface area contributed by atoms with Gasteiger partial charge in [0, 0.05) is 30.2 Å². The van der Waals surface area contributed by atoms with Crippen LogP contribution in [0.15, 0.2) is 10.6 Å². The second-order valence-electron chi connectivity index (χ2n) is 3.43. The molecule has 1 unspecified atom stereocenters. The van der Waals surface area contributed by atoms with Gasteiger partial charge >= 0.3 is 5.97 Å². The van der Waals surface area contributed by atoms with E-state index >= 15 is 0 Å². The van der Waals surface area contributed by atoms with Crippen LogP contribution < -0.4 is 5.32 Å². The second kappa shape index (κ2) is 6.08. The van der Waals surface area contributed by atoms with Gasteiger partial charge in [0.1, 0.15) is 6.04 Å². The van der Waals surface area contributed by atoms with E-state index in [2.05, 4.69) is 5.32 Å². The number of halogens is 2. The monoisotopic (exact) mass is 266 g/mol. The van der Waals surface area contributed by atoms with Gasteiger partial charge in [0.15, 0.2) is 0 Å². The third kappa shape index (κ3) is 3.66. The van der Waals surface area contributed by atoms with Crippen molar-refractivity contribution >= 4 is 35.1 Å². The van der Waals surface area contributed by atoms with Crippen molar-refractivity contribution in [1.82, 2.24) is 10.2 Å². The largest absolute Gasteiger partial charge is 0.481 e. The zero-order valence-electron chi connectivity index (χ0n) is 8.45. The van der Waals surface area contributed by atoms with Gasteiger partial charge in [-0.05, 0) is 0 Å². The highest BCUT2D eigenvalue weighted by molar-refractivity contribution is 6.36. The maximum atomic E-state index is 11.5. The molecule has 0 aliphatic carbocycles. The summed E-state index contributed by atoms with van der Waals surface area (Å²) in [4.78, 5) is 23.8. The average molecular weight is 267 g/mol. The SMILES string of the molecule is O=C(O)CC1C(=O)NCCN1CC(Cl)=CCl. The molecule has 0 aromatic rings. The van der Waals surface area contributed by atoms with Gasteiger partial charge in [0.25, 0.3) is 0 Å². The van der Waals surface area contributed by atoms with Gasteiger partial charge < -0.3 is 10.4 Å². The van der Waals surface area contributed by atoms with Gasteiger partial charge in [0.05, 0.1) is 6.42 Å². The van der Waals surface area contributed by atoms with Crippen LogP contribution in [-0.2, 0) is 9.59 Å². The Labute approximate surface area is 103 Å². The van der Waals surface area contributed by atoms with Gasteiger partial charge in [0.2, 0.25) is 5.91 Å². The minimum atomic E-state index is -1.02. The van der Waals surface area contributed by atoms with Crippen LogP contribution in [0.3, 0.4) is 0 Å². The number of nitrogens with one attached hydrogen (secondary N) is 1. The normalized spacial score (nSPS) is 23.0. The number of aliphatic carboxylic acids is 1. The molecule has 5 nitrogen and oxygen atoms in total. The molecular weight excluding hydrogens is 255 g/mol. The molecule has 0 spiro atoms. The second-order valence-corrected chi connectivity index (χ2v) is 4.13. The van der Waals surface area contributed by atoms with E-state index < -0.39 is 12.0 Å². The van der Waals surface area contributed by atoms with Crippen molar-refractivity contribution in [2.45, 2.75) is 12.5 Å². The summed E-state index contributed by atoms with van der Waals surface area (Å²) in [6.07, 6.45) is -0.238. The highest BCUT2D eigenvalue weighted by Gasteiger charge is 2.31. The number of carboxylic acid groups (broad SMARTS) is 1. The number of amides is 1. The van der Waals surface area contributed by atoms with Gasteiger partial charge in [-0.2, -0.15) is 0 Å². The summed E-state index contributed by atoms with van der Waals surface area (Å²) in [5.74, 6) is -1.30. The van der Waals surface area contributed by atoms with Crippen molar-refractivity contribution in [3.8, 4) is 0 Å². The maximum Gasteiger partial charge on any atom is 0.305 e. The fourth-order valence-electron chi connectivity index (χ4n) is 1.57. The predicted octanol–water partition coefficient (Wildman–Crippen LogP) is 0.580. The summed E-state index contributed by atoms with van der Waals surface area (Å²) in [6, 6.07) is -0.684. The van der Waals surface area contributed by atoms with Crippen molar-refractivity contribution in [2.75, 3.05) is 19.6 Å². The summed E-state index contributed by atoms with van der Waals surface area (Å²) in [5, 5.41) is 11.7. The van der Waals surface area contributed by atoms with Crippen molar-refractivity contribution in [1.29, 1.82) is 0 Å². The van der Waals surface area contributed by atoms with Crippen LogP contribution in [0, 0.1) is 0 Å². The molecule has 1 rings (SSSR count). The standard InChI is InChI=1S/C9H12Cl2N2O3/c10-4-6(11)5-13-2-1-12-9(16)7(13)3-8(14)15/h4,7H,1-3,5H2,(H,12,16)(H,14,15). The van der Waals surface area contributed by atoms with E-state index in [0.717, 1.165) is 0 Å². The first kappa shape index (κ1) is 13.3. The first-order valence-electron chi connectivity index (χ1n) is 4.73. The number of rotatable bonds is 4. The van der Waals surface area contributed by atoms with E-state index in [9.17, 15) is 9.59 Å². The number of piperazine rings is 1. The number of carboxylic acids is 1. The Balaban J connectivity index is 2.70.